The van der Waals surface area contributed by atoms with E-state index in [0.717, 1.165) is 31.5 Å². The highest BCUT2D eigenvalue weighted by atomic mass is 35.5. The number of amides is 3. The van der Waals surface area contributed by atoms with Crippen LogP contribution in [0.1, 0.15) is 51.5 Å². The van der Waals surface area contributed by atoms with Crippen molar-refractivity contribution in [3.05, 3.63) is 33.8 Å². The van der Waals surface area contributed by atoms with Gasteiger partial charge in [0.1, 0.15) is 5.37 Å². The molecule has 1 aromatic carbocycles. The van der Waals surface area contributed by atoms with Gasteiger partial charge in [0.25, 0.3) is 0 Å². The maximum Gasteiger partial charge on any atom is 0.317 e. The molecule has 160 valence electrons. The Hall–Kier alpha value is -1.11. The van der Waals surface area contributed by atoms with Crippen LogP contribution in [0.3, 0.4) is 0 Å². The van der Waals surface area contributed by atoms with Gasteiger partial charge in [0.15, 0.2) is 0 Å². The van der Waals surface area contributed by atoms with Crippen molar-refractivity contribution < 1.29 is 9.59 Å². The van der Waals surface area contributed by atoms with E-state index in [0.29, 0.717) is 22.5 Å². The Balaban J connectivity index is 1.63. The van der Waals surface area contributed by atoms with Gasteiger partial charge in [0.2, 0.25) is 5.91 Å². The summed E-state index contributed by atoms with van der Waals surface area (Å²) in [7, 11) is 0. The molecule has 0 bridgehead atoms. The molecule has 8 heteroatoms. The van der Waals surface area contributed by atoms with Crippen molar-refractivity contribution in [3.8, 4) is 0 Å². The van der Waals surface area contributed by atoms with Crippen LogP contribution in [0.5, 0.6) is 0 Å². The summed E-state index contributed by atoms with van der Waals surface area (Å²) in [6.45, 7) is 10.0. The molecule has 2 aliphatic rings. The molecule has 2 heterocycles. The largest absolute Gasteiger partial charge is 0.333 e. The second-order valence-corrected chi connectivity index (χ2v) is 11.1. The number of nitrogens with one attached hydrogen (secondary N) is 1. The zero-order valence-corrected chi connectivity index (χ0v) is 19.7. The Morgan fingerprint density at radius 2 is 1.86 bits per heavy atom. The lowest BCUT2D eigenvalue weighted by Crippen LogP contribution is -2.51. The molecule has 0 aromatic heterocycles. The number of thioether (sulfide) groups is 1. The van der Waals surface area contributed by atoms with E-state index >= 15 is 0 Å². The third-order valence-corrected chi connectivity index (χ3v) is 7.45. The fourth-order valence-corrected chi connectivity index (χ4v) is 5.37. The van der Waals surface area contributed by atoms with E-state index in [2.05, 4.69) is 5.32 Å². The summed E-state index contributed by atoms with van der Waals surface area (Å²) in [6.07, 6.45) is 1.79. The van der Waals surface area contributed by atoms with Gasteiger partial charge in [-0.2, -0.15) is 0 Å². The van der Waals surface area contributed by atoms with Crippen LogP contribution in [0, 0.1) is 5.92 Å². The number of likely N-dealkylation sites (tertiary alicyclic amines) is 1. The molecule has 3 amide bonds. The number of halogens is 2. The van der Waals surface area contributed by atoms with Crippen LogP contribution in [-0.4, -0.2) is 52.2 Å². The van der Waals surface area contributed by atoms with Gasteiger partial charge in [0, 0.05) is 25.2 Å². The van der Waals surface area contributed by atoms with Crippen molar-refractivity contribution in [2.24, 2.45) is 5.92 Å². The highest BCUT2D eigenvalue weighted by Crippen LogP contribution is 2.44. The molecule has 2 fully saturated rings. The van der Waals surface area contributed by atoms with Gasteiger partial charge in [-0.3, -0.25) is 4.79 Å². The molecule has 29 heavy (non-hydrogen) atoms. The van der Waals surface area contributed by atoms with Crippen LogP contribution in [0.25, 0.3) is 0 Å². The zero-order valence-electron chi connectivity index (χ0n) is 17.4. The average Bonchev–Trinajstić information content (AvgIpc) is 2.91. The fourth-order valence-electron chi connectivity index (χ4n) is 3.78. The summed E-state index contributed by atoms with van der Waals surface area (Å²) < 4.78 is 0. The molecule has 2 unspecified atom stereocenters. The Labute approximate surface area is 187 Å². The number of piperidine rings is 1. The number of rotatable bonds is 3. The fraction of sp³-hybridized carbons (Fsp3) is 0.619. The standard InChI is InChI=1S/C21H29Cl2N3O2S/c1-13-18(27)26(19(29-13)15-5-6-16(22)17(23)11-15)12-14-7-9-25(10-8-14)20(28)24-21(2,3)4/h5-6,11,13-14,19H,7-10,12H2,1-4H3,(H,24,28). The van der Waals surface area contributed by atoms with Crippen molar-refractivity contribution >= 4 is 46.9 Å². The van der Waals surface area contributed by atoms with Crippen molar-refractivity contribution in [3.63, 3.8) is 0 Å². The van der Waals surface area contributed by atoms with Crippen LogP contribution in [0.2, 0.25) is 10.0 Å². The van der Waals surface area contributed by atoms with Gasteiger partial charge in [0.05, 0.1) is 15.3 Å². The second kappa shape index (κ2) is 8.94. The van der Waals surface area contributed by atoms with E-state index in [4.69, 9.17) is 23.2 Å². The molecule has 2 atom stereocenters. The van der Waals surface area contributed by atoms with Gasteiger partial charge in [-0.05, 0) is 64.2 Å². The van der Waals surface area contributed by atoms with Crippen molar-refractivity contribution in [2.75, 3.05) is 19.6 Å². The maximum atomic E-state index is 12.8. The van der Waals surface area contributed by atoms with E-state index in [1.54, 1.807) is 17.8 Å². The van der Waals surface area contributed by atoms with E-state index < -0.39 is 0 Å². The van der Waals surface area contributed by atoms with Gasteiger partial charge in [-0.1, -0.05) is 29.3 Å². The summed E-state index contributed by atoms with van der Waals surface area (Å²) in [5.74, 6) is 0.549. The molecule has 1 N–H and O–H groups in total. The minimum Gasteiger partial charge on any atom is -0.333 e. The van der Waals surface area contributed by atoms with Crippen LogP contribution in [0.15, 0.2) is 18.2 Å². The monoisotopic (exact) mass is 457 g/mol. The van der Waals surface area contributed by atoms with Crippen LogP contribution in [0.4, 0.5) is 4.79 Å². The summed E-state index contributed by atoms with van der Waals surface area (Å²) >= 11 is 13.9. The number of urea groups is 1. The summed E-state index contributed by atoms with van der Waals surface area (Å²) in [6, 6.07) is 5.59. The molecule has 1 aromatic rings. The van der Waals surface area contributed by atoms with E-state index in [9.17, 15) is 9.59 Å². The molecule has 2 aliphatic heterocycles. The van der Waals surface area contributed by atoms with Gasteiger partial charge < -0.3 is 15.1 Å². The SMILES string of the molecule is CC1SC(c2ccc(Cl)c(Cl)c2)N(CC2CCN(C(=O)NC(C)(C)C)CC2)C1=O. The van der Waals surface area contributed by atoms with Crippen molar-refractivity contribution in [1.29, 1.82) is 0 Å². The predicted octanol–water partition coefficient (Wildman–Crippen LogP) is 5.18. The Morgan fingerprint density at radius 1 is 1.21 bits per heavy atom. The molecule has 3 rings (SSSR count). The van der Waals surface area contributed by atoms with Crippen molar-refractivity contribution in [2.45, 2.75) is 56.7 Å². The maximum absolute atomic E-state index is 12.8. The lowest BCUT2D eigenvalue weighted by atomic mass is 9.96. The molecule has 2 saturated heterocycles. The molecular weight excluding hydrogens is 429 g/mol. The van der Waals surface area contributed by atoms with E-state index in [-0.39, 0.29) is 28.1 Å². The minimum atomic E-state index is -0.240. The summed E-state index contributed by atoms with van der Waals surface area (Å²) in [5, 5.41) is 3.93. The van der Waals surface area contributed by atoms with Gasteiger partial charge >= 0.3 is 6.03 Å². The normalized spacial score (nSPS) is 23.6. The topological polar surface area (TPSA) is 52.6 Å². The average molecular weight is 458 g/mol. The Bertz CT molecular complexity index is 776. The first kappa shape index (κ1) is 22.6. The first-order valence-electron chi connectivity index (χ1n) is 10.0. The number of benzene rings is 1. The highest BCUT2D eigenvalue weighted by molar-refractivity contribution is 8.01. The smallest absolute Gasteiger partial charge is 0.317 e. The van der Waals surface area contributed by atoms with Crippen molar-refractivity contribution in [1.82, 2.24) is 15.1 Å². The summed E-state index contributed by atoms with van der Waals surface area (Å²) in [4.78, 5) is 29.0. The third kappa shape index (κ3) is 5.53. The van der Waals surface area contributed by atoms with Crippen LogP contribution < -0.4 is 5.32 Å². The van der Waals surface area contributed by atoms with Crippen LogP contribution >= 0.6 is 35.0 Å². The lowest BCUT2D eigenvalue weighted by molar-refractivity contribution is -0.130. The van der Waals surface area contributed by atoms with E-state index in [1.165, 1.54) is 0 Å². The number of carbonyl (C=O) groups is 2. The molecule has 0 radical (unpaired) electrons. The number of hydrogen-bond acceptors (Lipinski definition) is 3. The van der Waals surface area contributed by atoms with E-state index in [1.807, 2.05) is 49.6 Å². The third-order valence-electron chi connectivity index (χ3n) is 5.31. The first-order valence-corrected chi connectivity index (χ1v) is 11.7. The van der Waals surface area contributed by atoms with Crippen LogP contribution in [-0.2, 0) is 4.79 Å². The van der Waals surface area contributed by atoms with Gasteiger partial charge in [-0.25, -0.2) is 4.79 Å². The second-order valence-electron chi connectivity index (χ2n) is 8.91. The lowest BCUT2D eigenvalue weighted by Gasteiger charge is -2.36. The number of nitrogens with zero attached hydrogens (tertiary/aromatic N) is 2. The number of hydrogen-bond donors (Lipinski definition) is 1. The minimum absolute atomic E-state index is 0.00828. The number of carbonyl (C=O) groups excluding carboxylic acids is 2. The first-order chi connectivity index (χ1) is 13.5. The Morgan fingerprint density at radius 3 is 2.45 bits per heavy atom. The quantitative estimate of drug-likeness (QED) is 0.680. The molecular formula is C21H29Cl2N3O2S. The predicted molar refractivity (Wildman–Crippen MR) is 121 cm³/mol. The zero-order chi connectivity index (χ0) is 21.3. The molecule has 0 aliphatic carbocycles. The highest BCUT2D eigenvalue weighted by Gasteiger charge is 2.40. The van der Waals surface area contributed by atoms with Gasteiger partial charge in [-0.15, -0.1) is 11.8 Å². The Kier molecular flexibility index (Phi) is 6.96. The molecule has 0 saturated carbocycles. The molecule has 5 nitrogen and oxygen atoms in total. The summed E-state index contributed by atoms with van der Waals surface area (Å²) in [5.41, 5.74) is 0.764. The molecule has 0 spiro atoms.